The Hall–Kier alpha value is -1.37. The topological polar surface area (TPSA) is 12.9 Å². The molecular formula is C17H33N. The van der Waals surface area contributed by atoms with Crippen LogP contribution in [0.1, 0.15) is 66.5 Å². The molecule has 0 saturated heterocycles. The summed E-state index contributed by atoms with van der Waals surface area (Å²) in [7, 11) is 0. The molecule has 1 heterocycles. The second kappa shape index (κ2) is 29.6. The molecule has 0 aliphatic rings. The summed E-state index contributed by atoms with van der Waals surface area (Å²) in [6.07, 6.45) is 7.07. The minimum atomic E-state index is 1.03. The van der Waals surface area contributed by atoms with Gasteiger partial charge in [0.2, 0.25) is 0 Å². The first-order valence-electron chi connectivity index (χ1n) is 7.07. The van der Waals surface area contributed by atoms with Crippen molar-refractivity contribution >= 4 is 12.2 Å². The maximum Gasteiger partial charge on any atom is 0.0346 e. The molecule has 1 aromatic rings. The highest BCUT2D eigenvalue weighted by Crippen LogP contribution is 2.08. The van der Waals surface area contributed by atoms with E-state index in [-0.39, 0.29) is 0 Å². The van der Waals surface area contributed by atoms with Crippen molar-refractivity contribution < 1.29 is 0 Å². The molecular weight excluding hydrogens is 218 g/mol. The molecule has 0 spiro atoms. The fourth-order valence-electron chi connectivity index (χ4n) is 0.774. The van der Waals surface area contributed by atoms with E-state index in [0.29, 0.717) is 0 Å². The predicted molar refractivity (Wildman–Crippen MR) is 89.8 cm³/mol. The van der Waals surface area contributed by atoms with E-state index >= 15 is 0 Å². The van der Waals surface area contributed by atoms with Gasteiger partial charge < -0.3 is 0 Å². The fourth-order valence-corrected chi connectivity index (χ4v) is 0.774. The number of hydrogen-bond donors (Lipinski definition) is 0. The molecule has 18 heavy (non-hydrogen) atoms. The van der Waals surface area contributed by atoms with E-state index in [1.807, 2.05) is 61.5 Å². The minimum Gasteiger partial charge on any atom is -0.264 e. The van der Waals surface area contributed by atoms with Crippen molar-refractivity contribution in [2.24, 2.45) is 0 Å². The van der Waals surface area contributed by atoms with Crippen molar-refractivity contribution in [2.75, 3.05) is 0 Å². The minimum absolute atomic E-state index is 1.03. The Kier molecular flexibility index (Phi) is 41.9. The predicted octanol–water partition coefficient (Wildman–Crippen LogP) is 6.47. The molecule has 0 radical (unpaired) electrons. The first kappa shape index (κ1) is 25.5. The number of pyridine rings is 1. The van der Waals surface area contributed by atoms with Gasteiger partial charge in [0.25, 0.3) is 0 Å². The summed E-state index contributed by atoms with van der Waals surface area (Å²) in [5.74, 6) is 0. The Morgan fingerprint density at radius 3 is 1.44 bits per heavy atom. The van der Waals surface area contributed by atoms with Crippen LogP contribution in [0.15, 0.2) is 31.6 Å². The largest absolute Gasteiger partial charge is 0.264 e. The van der Waals surface area contributed by atoms with E-state index in [9.17, 15) is 0 Å². The quantitative estimate of drug-likeness (QED) is 0.586. The van der Waals surface area contributed by atoms with E-state index in [1.54, 1.807) is 24.5 Å². The summed E-state index contributed by atoms with van der Waals surface area (Å²) in [4.78, 5) is 3.95. The average molecular weight is 251 g/mol. The highest BCUT2D eigenvalue weighted by molar-refractivity contribution is 5.62. The van der Waals surface area contributed by atoms with Crippen LogP contribution in [0.25, 0.3) is 12.2 Å². The lowest BCUT2D eigenvalue weighted by atomic mass is 10.1. The lowest BCUT2D eigenvalue weighted by molar-refractivity contribution is 1.31. The summed E-state index contributed by atoms with van der Waals surface area (Å²) in [6.45, 7) is 23.3. The molecule has 0 N–H and O–H groups in total. The Labute approximate surface area is 116 Å². The molecule has 1 aromatic heterocycles. The lowest BCUT2D eigenvalue weighted by Gasteiger charge is -1.95. The lowest BCUT2D eigenvalue weighted by Crippen LogP contribution is -1.79. The highest BCUT2D eigenvalue weighted by Gasteiger charge is 1.90. The van der Waals surface area contributed by atoms with Crippen LogP contribution < -0.4 is 0 Å². The van der Waals surface area contributed by atoms with Gasteiger partial charge in [0.1, 0.15) is 0 Å². The summed E-state index contributed by atoms with van der Waals surface area (Å²) in [5.41, 5.74) is 2.10. The number of nitrogens with zero attached hydrogens (tertiary/aromatic N) is 1. The Morgan fingerprint density at radius 2 is 1.17 bits per heavy atom. The summed E-state index contributed by atoms with van der Waals surface area (Å²) in [6, 6.07) is 1.91. The molecule has 0 aliphatic heterocycles. The van der Waals surface area contributed by atoms with Crippen molar-refractivity contribution in [3.63, 3.8) is 0 Å². The van der Waals surface area contributed by atoms with Gasteiger partial charge in [-0.1, -0.05) is 80.7 Å². The Bertz CT molecular complexity index is 225. The second-order valence-corrected chi connectivity index (χ2v) is 1.91. The number of hydrogen-bond acceptors (Lipinski definition) is 1. The standard InChI is InChI=1S/C9H9N.4C2H6/c1-3-8-5-6-10-7-9(8)4-2;4*1-2/h3-7H,1-2H2;4*1-2H3. The molecule has 1 rings (SSSR count). The van der Waals surface area contributed by atoms with E-state index in [0.717, 1.165) is 11.1 Å². The maximum atomic E-state index is 3.95. The van der Waals surface area contributed by atoms with Crippen LogP contribution in [-0.4, -0.2) is 4.98 Å². The SMILES string of the molecule is C=Cc1ccncc1C=C.CC.CC.CC.CC. The van der Waals surface area contributed by atoms with Crippen molar-refractivity contribution in [3.05, 3.63) is 42.7 Å². The molecule has 106 valence electrons. The smallest absolute Gasteiger partial charge is 0.0346 e. The van der Waals surface area contributed by atoms with E-state index in [4.69, 9.17) is 0 Å². The van der Waals surface area contributed by atoms with Crippen LogP contribution in [-0.2, 0) is 0 Å². The first-order chi connectivity index (χ1) is 8.88. The van der Waals surface area contributed by atoms with Crippen LogP contribution in [0.3, 0.4) is 0 Å². The van der Waals surface area contributed by atoms with E-state index in [1.165, 1.54) is 0 Å². The van der Waals surface area contributed by atoms with Crippen LogP contribution in [0.5, 0.6) is 0 Å². The molecule has 0 saturated carbocycles. The van der Waals surface area contributed by atoms with Crippen molar-refractivity contribution in [3.8, 4) is 0 Å². The van der Waals surface area contributed by atoms with E-state index < -0.39 is 0 Å². The molecule has 0 unspecified atom stereocenters. The second-order valence-electron chi connectivity index (χ2n) is 1.91. The zero-order chi connectivity index (χ0) is 15.4. The van der Waals surface area contributed by atoms with Crippen LogP contribution in [0, 0.1) is 0 Å². The van der Waals surface area contributed by atoms with Gasteiger partial charge >= 0.3 is 0 Å². The van der Waals surface area contributed by atoms with Gasteiger partial charge in [-0.3, -0.25) is 4.98 Å². The first-order valence-corrected chi connectivity index (χ1v) is 7.07. The van der Waals surface area contributed by atoms with Crippen molar-refractivity contribution in [2.45, 2.75) is 55.4 Å². The third-order valence-electron chi connectivity index (χ3n) is 1.33. The summed E-state index contributed by atoms with van der Waals surface area (Å²) >= 11 is 0. The zero-order valence-corrected chi connectivity index (χ0v) is 13.7. The van der Waals surface area contributed by atoms with E-state index in [2.05, 4.69) is 18.1 Å². The van der Waals surface area contributed by atoms with Crippen LogP contribution >= 0.6 is 0 Å². The van der Waals surface area contributed by atoms with Gasteiger partial charge in [-0.2, -0.15) is 0 Å². The molecule has 0 fully saturated rings. The molecule has 0 bridgehead atoms. The normalized spacial score (nSPS) is 6.22. The third kappa shape index (κ3) is 14.6. The maximum absolute atomic E-state index is 3.95. The van der Waals surface area contributed by atoms with Crippen molar-refractivity contribution in [1.29, 1.82) is 0 Å². The average Bonchev–Trinajstić information content (AvgIpc) is 2.55. The molecule has 0 aliphatic carbocycles. The van der Waals surface area contributed by atoms with Gasteiger partial charge in [0.05, 0.1) is 0 Å². The molecule has 1 nitrogen and oxygen atoms in total. The number of aromatic nitrogens is 1. The monoisotopic (exact) mass is 251 g/mol. The molecule has 0 aromatic carbocycles. The number of rotatable bonds is 2. The Morgan fingerprint density at radius 1 is 0.778 bits per heavy atom. The third-order valence-corrected chi connectivity index (χ3v) is 1.33. The summed E-state index contributed by atoms with van der Waals surface area (Å²) < 4.78 is 0. The molecule has 1 heteroatoms. The fraction of sp³-hybridized carbons (Fsp3) is 0.471. The van der Waals surface area contributed by atoms with Gasteiger partial charge in [0.15, 0.2) is 0 Å². The van der Waals surface area contributed by atoms with Crippen LogP contribution in [0.4, 0.5) is 0 Å². The summed E-state index contributed by atoms with van der Waals surface area (Å²) in [5, 5.41) is 0. The van der Waals surface area contributed by atoms with Crippen LogP contribution in [0.2, 0.25) is 0 Å². The van der Waals surface area contributed by atoms with Gasteiger partial charge in [0, 0.05) is 12.4 Å². The van der Waals surface area contributed by atoms with Crippen molar-refractivity contribution in [1.82, 2.24) is 4.98 Å². The van der Waals surface area contributed by atoms with Gasteiger partial charge in [-0.15, -0.1) is 0 Å². The Balaban J connectivity index is -0.000000105. The highest BCUT2D eigenvalue weighted by atomic mass is 14.6. The molecule has 0 atom stereocenters. The van der Waals surface area contributed by atoms with Gasteiger partial charge in [-0.05, 0) is 17.2 Å². The molecule has 0 amide bonds. The zero-order valence-electron chi connectivity index (χ0n) is 13.7. The van der Waals surface area contributed by atoms with Gasteiger partial charge in [-0.25, -0.2) is 0 Å².